The molecule has 1 aliphatic heterocycles. The van der Waals surface area contributed by atoms with E-state index < -0.39 is 0 Å². The molecule has 1 saturated heterocycles. The molecule has 1 rings (SSSR count). The Bertz CT molecular complexity index is 255. The summed E-state index contributed by atoms with van der Waals surface area (Å²) in [4.78, 5) is 16.1. The van der Waals surface area contributed by atoms with E-state index in [2.05, 4.69) is 31.1 Å². The summed E-state index contributed by atoms with van der Waals surface area (Å²) < 4.78 is 0. The predicted octanol–water partition coefficient (Wildman–Crippen LogP) is 1.17. The van der Waals surface area contributed by atoms with E-state index in [4.69, 9.17) is 0 Å². The summed E-state index contributed by atoms with van der Waals surface area (Å²) in [5.41, 5.74) is 0. The first-order valence-electron chi connectivity index (χ1n) is 7.15. The highest BCUT2D eigenvalue weighted by Crippen LogP contribution is 2.18. The molecular formula is C14H29N3O. The maximum Gasteiger partial charge on any atom is 0.236 e. The van der Waals surface area contributed by atoms with E-state index in [9.17, 15) is 4.79 Å². The zero-order valence-electron chi connectivity index (χ0n) is 12.4. The average Bonchev–Trinajstić information content (AvgIpc) is 2.33. The molecule has 0 aliphatic carbocycles. The summed E-state index contributed by atoms with van der Waals surface area (Å²) in [7, 11) is 4.10. The van der Waals surface area contributed by atoms with Crippen LogP contribution >= 0.6 is 0 Å². The van der Waals surface area contributed by atoms with Gasteiger partial charge in [0.05, 0.1) is 6.54 Å². The lowest BCUT2D eigenvalue weighted by atomic mass is 9.95. The van der Waals surface area contributed by atoms with Crippen LogP contribution in [0.25, 0.3) is 0 Å². The van der Waals surface area contributed by atoms with E-state index in [1.807, 2.05) is 11.9 Å². The minimum atomic E-state index is 0.202. The molecule has 1 heterocycles. The number of carbonyl (C=O) groups is 1. The number of likely N-dealkylation sites (N-methyl/N-ethyl adjacent to an activating group) is 1. The van der Waals surface area contributed by atoms with E-state index in [-0.39, 0.29) is 5.91 Å². The first-order valence-corrected chi connectivity index (χ1v) is 7.15. The van der Waals surface area contributed by atoms with Gasteiger partial charge in [-0.3, -0.25) is 4.79 Å². The van der Waals surface area contributed by atoms with E-state index in [1.165, 1.54) is 25.9 Å². The second-order valence-corrected chi connectivity index (χ2v) is 5.91. The van der Waals surface area contributed by atoms with E-state index in [0.29, 0.717) is 12.6 Å². The van der Waals surface area contributed by atoms with Crippen molar-refractivity contribution in [1.29, 1.82) is 0 Å². The van der Waals surface area contributed by atoms with Crippen LogP contribution in [0.4, 0.5) is 0 Å². The fourth-order valence-corrected chi connectivity index (χ4v) is 2.44. The molecule has 1 N–H and O–H groups in total. The van der Waals surface area contributed by atoms with Crippen LogP contribution in [0.3, 0.4) is 0 Å². The third-order valence-corrected chi connectivity index (χ3v) is 3.68. The number of carbonyl (C=O) groups excluding carboxylic acids is 1. The van der Waals surface area contributed by atoms with Crippen molar-refractivity contribution in [2.45, 2.75) is 39.2 Å². The van der Waals surface area contributed by atoms with Gasteiger partial charge >= 0.3 is 0 Å². The van der Waals surface area contributed by atoms with Gasteiger partial charge in [-0.05, 0) is 38.8 Å². The summed E-state index contributed by atoms with van der Waals surface area (Å²) >= 11 is 0. The quantitative estimate of drug-likeness (QED) is 0.774. The first-order chi connectivity index (χ1) is 8.49. The largest absolute Gasteiger partial charge is 0.345 e. The molecule has 0 radical (unpaired) electrons. The number of piperidine rings is 1. The van der Waals surface area contributed by atoms with E-state index in [0.717, 1.165) is 18.9 Å². The molecule has 106 valence electrons. The number of hydrogen-bond donors (Lipinski definition) is 1. The highest BCUT2D eigenvalue weighted by molar-refractivity contribution is 5.77. The van der Waals surface area contributed by atoms with Crippen molar-refractivity contribution in [2.24, 2.45) is 5.92 Å². The summed E-state index contributed by atoms with van der Waals surface area (Å²) in [6.07, 6.45) is 3.75. The number of hydrogen-bond acceptors (Lipinski definition) is 3. The Balaban J connectivity index is 2.19. The number of nitrogens with zero attached hydrogens (tertiary/aromatic N) is 2. The van der Waals surface area contributed by atoms with Crippen LogP contribution in [0.15, 0.2) is 0 Å². The fraction of sp³-hybridized carbons (Fsp3) is 0.929. The maximum atomic E-state index is 11.8. The predicted molar refractivity (Wildman–Crippen MR) is 75.6 cm³/mol. The Hall–Kier alpha value is -0.610. The zero-order chi connectivity index (χ0) is 13.5. The zero-order valence-corrected chi connectivity index (χ0v) is 12.4. The van der Waals surface area contributed by atoms with E-state index in [1.54, 1.807) is 0 Å². The topological polar surface area (TPSA) is 35.6 Å². The van der Waals surface area contributed by atoms with Crippen LogP contribution in [0, 0.1) is 5.92 Å². The third kappa shape index (κ3) is 5.83. The summed E-state index contributed by atoms with van der Waals surface area (Å²) in [5.74, 6) is 0.963. The van der Waals surface area contributed by atoms with Crippen molar-refractivity contribution in [2.75, 3.05) is 40.3 Å². The molecule has 1 amide bonds. The smallest absolute Gasteiger partial charge is 0.236 e. The first kappa shape index (κ1) is 15.4. The van der Waals surface area contributed by atoms with Crippen LogP contribution in [0.2, 0.25) is 0 Å². The molecule has 18 heavy (non-hydrogen) atoms. The summed E-state index contributed by atoms with van der Waals surface area (Å²) in [6.45, 7) is 7.88. The normalized spacial score (nSPS) is 21.3. The molecule has 0 aromatic heterocycles. The van der Waals surface area contributed by atoms with Crippen LogP contribution in [0.1, 0.15) is 33.1 Å². The highest BCUT2D eigenvalue weighted by atomic mass is 16.2. The lowest BCUT2D eigenvalue weighted by Gasteiger charge is -2.30. The van der Waals surface area contributed by atoms with Gasteiger partial charge in [-0.2, -0.15) is 0 Å². The van der Waals surface area contributed by atoms with Gasteiger partial charge in [0.1, 0.15) is 0 Å². The molecule has 0 aromatic rings. The molecule has 1 atom stereocenters. The van der Waals surface area contributed by atoms with Gasteiger partial charge in [0.2, 0.25) is 5.91 Å². The Morgan fingerprint density at radius 3 is 2.83 bits per heavy atom. The Kier molecular flexibility index (Phi) is 6.65. The summed E-state index contributed by atoms with van der Waals surface area (Å²) in [5, 5.41) is 3.17. The Morgan fingerprint density at radius 1 is 1.50 bits per heavy atom. The van der Waals surface area contributed by atoms with Gasteiger partial charge in [0.25, 0.3) is 0 Å². The van der Waals surface area contributed by atoms with Crippen LogP contribution in [0.5, 0.6) is 0 Å². The SMILES string of the molecule is CC(C)NCC(=O)N(C)CCC1CCCN(C)C1. The molecule has 1 fully saturated rings. The lowest BCUT2D eigenvalue weighted by molar-refractivity contribution is -0.129. The van der Waals surface area contributed by atoms with Gasteiger partial charge in [0.15, 0.2) is 0 Å². The minimum Gasteiger partial charge on any atom is -0.345 e. The van der Waals surface area contributed by atoms with Crippen molar-refractivity contribution >= 4 is 5.91 Å². The van der Waals surface area contributed by atoms with Gasteiger partial charge in [-0.25, -0.2) is 0 Å². The molecule has 0 bridgehead atoms. The van der Waals surface area contributed by atoms with Crippen molar-refractivity contribution in [3.63, 3.8) is 0 Å². The number of nitrogens with one attached hydrogen (secondary N) is 1. The molecule has 1 unspecified atom stereocenters. The Labute approximate surface area is 112 Å². The second-order valence-electron chi connectivity index (χ2n) is 5.91. The van der Waals surface area contributed by atoms with Crippen molar-refractivity contribution < 1.29 is 4.79 Å². The Morgan fingerprint density at radius 2 is 2.22 bits per heavy atom. The fourth-order valence-electron chi connectivity index (χ4n) is 2.44. The molecule has 4 nitrogen and oxygen atoms in total. The average molecular weight is 255 g/mol. The van der Waals surface area contributed by atoms with Crippen LogP contribution < -0.4 is 5.32 Å². The van der Waals surface area contributed by atoms with E-state index >= 15 is 0 Å². The van der Waals surface area contributed by atoms with Crippen LogP contribution in [-0.4, -0.2) is 62.0 Å². The van der Waals surface area contributed by atoms with Crippen molar-refractivity contribution in [3.05, 3.63) is 0 Å². The number of amides is 1. The monoisotopic (exact) mass is 255 g/mol. The molecule has 4 heteroatoms. The molecule has 0 aromatic carbocycles. The second kappa shape index (κ2) is 7.74. The van der Waals surface area contributed by atoms with Gasteiger partial charge in [0, 0.05) is 26.2 Å². The van der Waals surface area contributed by atoms with Gasteiger partial charge in [-0.1, -0.05) is 13.8 Å². The minimum absolute atomic E-state index is 0.202. The van der Waals surface area contributed by atoms with Crippen LogP contribution in [-0.2, 0) is 4.79 Å². The summed E-state index contributed by atoms with van der Waals surface area (Å²) in [6, 6.07) is 0.370. The van der Waals surface area contributed by atoms with Gasteiger partial charge < -0.3 is 15.1 Å². The number of likely N-dealkylation sites (tertiary alicyclic amines) is 1. The molecule has 0 saturated carbocycles. The molecular weight excluding hydrogens is 226 g/mol. The van der Waals surface area contributed by atoms with Crippen molar-refractivity contribution in [3.8, 4) is 0 Å². The maximum absolute atomic E-state index is 11.8. The third-order valence-electron chi connectivity index (χ3n) is 3.68. The lowest BCUT2D eigenvalue weighted by Crippen LogP contribution is -2.40. The molecule has 1 aliphatic rings. The van der Waals surface area contributed by atoms with Crippen molar-refractivity contribution in [1.82, 2.24) is 15.1 Å². The highest BCUT2D eigenvalue weighted by Gasteiger charge is 2.18. The number of rotatable bonds is 6. The standard InChI is InChI=1S/C14H29N3O/c1-12(2)15-10-14(18)17(4)9-7-13-6-5-8-16(3)11-13/h12-13,15H,5-11H2,1-4H3. The van der Waals surface area contributed by atoms with Gasteiger partial charge in [-0.15, -0.1) is 0 Å². The molecule has 0 spiro atoms.